The Bertz CT molecular complexity index is 1050. The highest BCUT2D eigenvalue weighted by Crippen LogP contribution is 2.38. The lowest BCUT2D eigenvalue weighted by atomic mass is 10.1. The van der Waals surface area contributed by atoms with Crippen LogP contribution in [0.4, 0.5) is 11.4 Å². The number of carboxylic acid groups (broad SMARTS) is 1. The van der Waals surface area contributed by atoms with Gasteiger partial charge in [-0.05, 0) is 38.5 Å². The largest absolute Gasteiger partial charge is 0.489 e. The second-order valence-corrected chi connectivity index (χ2v) is 8.72. The number of benzene rings is 1. The minimum absolute atomic E-state index is 0.0430. The summed E-state index contributed by atoms with van der Waals surface area (Å²) in [7, 11) is -3.84. The first-order valence-corrected chi connectivity index (χ1v) is 11.9. The Morgan fingerprint density at radius 2 is 2.00 bits per heavy atom. The third-order valence-electron chi connectivity index (χ3n) is 4.71. The predicted octanol–water partition coefficient (Wildman–Crippen LogP) is 2.84. The highest BCUT2D eigenvalue weighted by molar-refractivity contribution is 7.93. The van der Waals surface area contributed by atoms with Crippen LogP contribution in [-0.2, 0) is 21.4 Å². The van der Waals surface area contributed by atoms with Gasteiger partial charge in [0.05, 0.1) is 24.8 Å². The van der Waals surface area contributed by atoms with Gasteiger partial charge in [0.25, 0.3) is 15.9 Å². The van der Waals surface area contributed by atoms with Crippen molar-refractivity contribution in [1.82, 2.24) is 9.78 Å². The fourth-order valence-corrected chi connectivity index (χ4v) is 4.24. The maximum atomic E-state index is 13.2. The molecule has 0 fully saturated rings. The number of nitrogens with zero attached hydrogens (tertiary/aromatic N) is 3. The number of carbonyl (C=O) groups is 1. The highest BCUT2D eigenvalue weighted by atomic mass is 32.2. The molecule has 1 aromatic heterocycles. The first kappa shape index (κ1) is 27.6. The van der Waals surface area contributed by atoms with Crippen LogP contribution >= 0.6 is 0 Å². The van der Waals surface area contributed by atoms with E-state index >= 15 is 0 Å². The number of aromatic nitrogens is 2. The Hall–Kier alpha value is -3.39. The van der Waals surface area contributed by atoms with Gasteiger partial charge in [0.15, 0.2) is 4.90 Å². The summed E-state index contributed by atoms with van der Waals surface area (Å²) >= 11 is 0. The molecule has 0 spiro atoms. The van der Waals surface area contributed by atoms with E-state index in [9.17, 15) is 13.2 Å². The molecule has 0 radical (unpaired) electrons. The number of carboxylic acids is 1. The van der Waals surface area contributed by atoms with Crippen molar-refractivity contribution in [1.29, 1.82) is 0 Å². The predicted molar refractivity (Wildman–Crippen MR) is 127 cm³/mol. The molecule has 0 aliphatic carbocycles. The molecule has 3 N–H and O–H groups in total. The zero-order valence-corrected chi connectivity index (χ0v) is 20.2. The van der Waals surface area contributed by atoms with Crippen LogP contribution < -0.4 is 19.5 Å². The fraction of sp³-hybridized carbons (Fsp3) is 0.455. The first-order chi connectivity index (χ1) is 15.6. The number of sulfonamides is 1. The SMILES string of the molecule is C#C.CCOc1nn(CC)cc1S(=O)(=O)N1CCOc2ccc(N)cc21.CC[C@H](C)C(=O)O. The van der Waals surface area contributed by atoms with Gasteiger partial charge in [-0.3, -0.25) is 13.8 Å². The van der Waals surface area contributed by atoms with Gasteiger partial charge in [0.1, 0.15) is 12.4 Å². The summed E-state index contributed by atoms with van der Waals surface area (Å²) < 4.78 is 40.1. The van der Waals surface area contributed by atoms with Gasteiger partial charge in [-0.25, -0.2) is 8.42 Å². The molecule has 2 heterocycles. The molecule has 10 nitrogen and oxygen atoms in total. The Balaban J connectivity index is 0.000000520. The molecular formula is C22H32N4O6S. The number of nitrogens with two attached hydrogens (primary N) is 1. The first-order valence-electron chi connectivity index (χ1n) is 10.5. The molecule has 1 aliphatic rings. The zero-order chi connectivity index (χ0) is 25.2. The lowest BCUT2D eigenvalue weighted by Gasteiger charge is -2.30. The van der Waals surface area contributed by atoms with E-state index in [0.717, 1.165) is 6.42 Å². The Kier molecular flexibility index (Phi) is 10.6. The molecule has 182 valence electrons. The smallest absolute Gasteiger partial charge is 0.306 e. The lowest BCUT2D eigenvalue weighted by Crippen LogP contribution is -2.38. The lowest BCUT2D eigenvalue weighted by molar-refractivity contribution is -0.141. The number of rotatable bonds is 7. The van der Waals surface area contributed by atoms with Crippen molar-refractivity contribution in [3.05, 3.63) is 24.4 Å². The highest BCUT2D eigenvalue weighted by Gasteiger charge is 2.34. The molecule has 11 heteroatoms. The molecule has 0 amide bonds. The summed E-state index contributed by atoms with van der Waals surface area (Å²) in [6, 6.07) is 4.94. The van der Waals surface area contributed by atoms with Crippen LogP contribution in [0, 0.1) is 18.8 Å². The summed E-state index contributed by atoms with van der Waals surface area (Å²) in [5, 5.41) is 12.4. The molecule has 1 aliphatic heterocycles. The molecule has 0 bridgehead atoms. The van der Waals surface area contributed by atoms with Crippen molar-refractivity contribution in [3.63, 3.8) is 0 Å². The minimum atomic E-state index is -3.84. The number of hydrogen-bond donors (Lipinski definition) is 2. The van der Waals surface area contributed by atoms with Crippen molar-refractivity contribution in [2.45, 2.75) is 45.6 Å². The third kappa shape index (κ3) is 6.79. The zero-order valence-electron chi connectivity index (χ0n) is 19.4. The monoisotopic (exact) mass is 480 g/mol. The fourth-order valence-electron chi connectivity index (χ4n) is 2.71. The number of anilines is 2. The van der Waals surface area contributed by atoms with Gasteiger partial charge >= 0.3 is 5.97 Å². The standard InChI is InChI=1S/C15H20N4O4S.C5H10O2.C2H2/c1-3-18-10-14(15(17-18)22-4-2)24(20,21)19-7-8-23-13-6-5-11(16)9-12(13)19;1-3-4(2)5(6)7;1-2/h5-6,9-10H,3-4,7-8,16H2,1-2H3;4H,3H2,1-2H3,(H,6,7);1-2H/t;4-;/m.0./s1. The third-order valence-corrected chi connectivity index (χ3v) is 6.50. The second-order valence-electron chi connectivity index (χ2n) is 6.89. The van der Waals surface area contributed by atoms with Gasteiger partial charge in [-0.15, -0.1) is 17.9 Å². The number of aryl methyl sites for hydroxylation is 1. The van der Waals surface area contributed by atoms with Gasteiger partial charge in [0, 0.05) is 18.4 Å². The topological polar surface area (TPSA) is 137 Å². The number of fused-ring (bicyclic) bond motifs is 1. The van der Waals surface area contributed by atoms with Crippen LogP contribution in [0.15, 0.2) is 29.3 Å². The van der Waals surface area contributed by atoms with Crippen LogP contribution in [-0.4, -0.2) is 49.0 Å². The Morgan fingerprint density at radius 3 is 2.52 bits per heavy atom. The second kappa shape index (κ2) is 12.6. The summed E-state index contributed by atoms with van der Waals surface area (Å²) in [6.07, 6.45) is 10.2. The number of nitrogen functional groups attached to an aromatic ring is 1. The van der Waals surface area contributed by atoms with E-state index in [1.54, 1.807) is 36.7 Å². The molecule has 0 unspecified atom stereocenters. The Morgan fingerprint density at radius 1 is 1.33 bits per heavy atom. The van der Waals surface area contributed by atoms with E-state index in [0.29, 0.717) is 30.3 Å². The maximum Gasteiger partial charge on any atom is 0.306 e. The van der Waals surface area contributed by atoms with Crippen LogP contribution in [0.2, 0.25) is 0 Å². The quantitative estimate of drug-likeness (QED) is 0.456. The van der Waals surface area contributed by atoms with Gasteiger partial charge in [0.2, 0.25) is 0 Å². The molecule has 2 aromatic rings. The van der Waals surface area contributed by atoms with Crippen LogP contribution in [0.25, 0.3) is 0 Å². The van der Waals surface area contributed by atoms with E-state index in [4.69, 9.17) is 20.3 Å². The maximum absolute atomic E-state index is 13.2. The van der Waals surface area contributed by atoms with Crippen LogP contribution in [0.3, 0.4) is 0 Å². The van der Waals surface area contributed by atoms with Crippen molar-refractivity contribution in [3.8, 4) is 24.5 Å². The summed E-state index contributed by atoms with van der Waals surface area (Å²) in [5.41, 5.74) is 6.70. The summed E-state index contributed by atoms with van der Waals surface area (Å²) in [6.45, 7) is 8.55. The van der Waals surface area contributed by atoms with Crippen molar-refractivity contribution < 1.29 is 27.8 Å². The van der Waals surface area contributed by atoms with Crippen molar-refractivity contribution in [2.24, 2.45) is 5.92 Å². The van der Waals surface area contributed by atoms with E-state index in [1.807, 2.05) is 13.8 Å². The number of ether oxygens (including phenoxy) is 2. The molecular weight excluding hydrogens is 448 g/mol. The number of hydrogen-bond acceptors (Lipinski definition) is 7. The van der Waals surface area contributed by atoms with Crippen LogP contribution in [0.1, 0.15) is 34.1 Å². The minimum Gasteiger partial charge on any atom is -0.489 e. The van der Waals surface area contributed by atoms with E-state index in [-0.39, 0.29) is 29.8 Å². The van der Waals surface area contributed by atoms with E-state index < -0.39 is 16.0 Å². The normalized spacial score (nSPS) is 13.2. The molecule has 0 saturated heterocycles. The van der Waals surface area contributed by atoms with E-state index in [1.165, 1.54) is 10.5 Å². The number of terminal acetylenes is 1. The Labute approximate surface area is 195 Å². The van der Waals surface area contributed by atoms with Crippen molar-refractivity contribution >= 4 is 27.4 Å². The molecule has 3 rings (SSSR count). The summed E-state index contributed by atoms with van der Waals surface area (Å²) in [4.78, 5) is 9.97. The van der Waals surface area contributed by atoms with Crippen LogP contribution in [0.5, 0.6) is 11.6 Å². The summed E-state index contributed by atoms with van der Waals surface area (Å²) in [5.74, 6) is -0.293. The molecule has 1 aromatic carbocycles. The average Bonchev–Trinajstić information content (AvgIpc) is 3.24. The number of aliphatic carboxylic acids is 1. The van der Waals surface area contributed by atoms with Gasteiger partial charge in [-0.2, -0.15) is 0 Å². The van der Waals surface area contributed by atoms with Gasteiger partial charge in [-0.1, -0.05) is 13.8 Å². The average molecular weight is 481 g/mol. The van der Waals surface area contributed by atoms with Gasteiger partial charge < -0.3 is 20.3 Å². The van der Waals surface area contributed by atoms with E-state index in [2.05, 4.69) is 17.9 Å². The molecule has 1 atom stereocenters. The molecule has 0 saturated carbocycles. The molecule has 33 heavy (non-hydrogen) atoms. The van der Waals surface area contributed by atoms with Crippen molar-refractivity contribution in [2.75, 3.05) is 29.8 Å².